The Morgan fingerprint density at radius 2 is 1.97 bits per heavy atom. The van der Waals surface area contributed by atoms with Crippen LogP contribution in [-0.2, 0) is 4.79 Å². The van der Waals surface area contributed by atoms with Crippen molar-refractivity contribution in [3.05, 3.63) is 41.0 Å². The molecule has 1 aromatic heterocycles. The minimum absolute atomic E-state index is 0.0598. The average Bonchev–Trinajstić information content (AvgIpc) is 3.40. The minimum atomic E-state index is -0.128. The van der Waals surface area contributed by atoms with Crippen LogP contribution < -0.4 is 5.32 Å². The van der Waals surface area contributed by atoms with Gasteiger partial charge in [-0.25, -0.2) is 0 Å². The van der Waals surface area contributed by atoms with E-state index in [1.54, 1.807) is 4.90 Å². The maximum atomic E-state index is 13.2. The quantitative estimate of drug-likeness (QED) is 0.708. The molecule has 1 aliphatic heterocycles. The number of halogens is 1. The van der Waals surface area contributed by atoms with E-state index in [0.717, 1.165) is 43.4 Å². The molecule has 6 nitrogen and oxygen atoms in total. The molecular formula is C23H29ClN4O2. The first-order chi connectivity index (χ1) is 14.5. The number of amides is 2. The number of carbonyl (C=O) groups excluding carboxylic acids is 2. The first kappa shape index (κ1) is 20.9. The Hall–Kier alpha value is -2.34. The van der Waals surface area contributed by atoms with Gasteiger partial charge in [-0.05, 0) is 37.5 Å². The van der Waals surface area contributed by atoms with E-state index in [0.29, 0.717) is 17.3 Å². The topological polar surface area (TPSA) is 67.2 Å². The van der Waals surface area contributed by atoms with Crippen LogP contribution in [-0.4, -0.2) is 45.6 Å². The number of unbranched alkanes of at least 4 members (excludes halogenated alkanes) is 1. The van der Waals surface area contributed by atoms with Crippen LogP contribution in [0.1, 0.15) is 68.4 Å². The summed E-state index contributed by atoms with van der Waals surface area (Å²) in [6.45, 7) is 2.79. The van der Waals surface area contributed by atoms with Crippen molar-refractivity contribution in [1.82, 2.24) is 20.0 Å². The minimum Gasteiger partial charge on any atom is -0.352 e. The van der Waals surface area contributed by atoms with E-state index in [1.165, 1.54) is 12.8 Å². The molecule has 1 saturated carbocycles. The van der Waals surface area contributed by atoms with Crippen LogP contribution in [0.5, 0.6) is 0 Å². The van der Waals surface area contributed by atoms with Crippen molar-refractivity contribution in [3.63, 3.8) is 0 Å². The normalized spacial score (nSPS) is 19.2. The van der Waals surface area contributed by atoms with Crippen LogP contribution in [0.2, 0.25) is 5.02 Å². The molecule has 7 heteroatoms. The van der Waals surface area contributed by atoms with E-state index in [2.05, 4.69) is 12.2 Å². The summed E-state index contributed by atoms with van der Waals surface area (Å²) < 4.78 is 1.87. The van der Waals surface area contributed by atoms with Crippen molar-refractivity contribution in [1.29, 1.82) is 0 Å². The highest BCUT2D eigenvalue weighted by atomic mass is 35.5. The molecule has 0 radical (unpaired) electrons. The van der Waals surface area contributed by atoms with Crippen LogP contribution in [0.25, 0.3) is 11.3 Å². The van der Waals surface area contributed by atoms with Crippen molar-refractivity contribution in [2.75, 3.05) is 13.1 Å². The molecule has 0 spiro atoms. The van der Waals surface area contributed by atoms with Crippen molar-refractivity contribution < 1.29 is 9.59 Å². The third-order valence-corrected chi connectivity index (χ3v) is 6.36. The number of benzene rings is 1. The summed E-state index contributed by atoms with van der Waals surface area (Å²) in [5, 5.41) is 8.52. The number of fused-ring (bicyclic) bond motifs is 1. The molecule has 1 atom stereocenters. The molecule has 1 fully saturated rings. The average molecular weight is 429 g/mol. The maximum Gasteiger partial charge on any atom is 0.272 e. The molecule has 1 aliphatic carbocycles. The fourth-order valence-corrected chi connectivity index (χ4v) is 4.60. The summed E-state index contributed by atoms with van der Waals surface area (Å²) in [7, 11) is 0. The van der Waals surface area contributed by atoms with Crippen molar-refractivity contribution in [3.8, 4) is 11.3 Å². The molecule has 0 bridgehead atoms. The summed E-state index contributed by atoms with van der Waals surface area (Å²) in [6, 6.07) is 9.65. The van der Waals surface area contributed by atoms with Crippen molar-refractivity contribution in [2.45, 2.75) is 64.0 Å². The third kappa shape index (κ3) is 4.53. The number of rotatable bonds is 7. The smallest absolute Gasteiger partial charge is 0.272 e. The summed E-state index contributed by atoms with van der Waals surface area (Å²) in [5.41, 5.74) is 2.24. The fraction of sp³-hybridized carbons (Fsp3) is 0.522. The molecule has 2 heterocycles. The number of aromatic nitrogens is 2. The summed E-state index contributed by atoms with van der Waals surface area (Å²) in [4.78, 5) is 27.4. The van der Waals surface area contributed by atoms with Gasteiger partial charge in [0.25, 0.3) is 5.91 Å². The molecule has 2 aliphatic rings. The number of hydrogen-bond acceptors (Lipinski definition) is 3. The molecule has 2 aromatic rings. The molecule has 1 unspecified atom stereocenters. The second-order valence-corrected chi connectivity index (χ2v) is 8.83. The molecular weight excluding hydrogens is 400 g/mol. The monoisotopic (exact) mass is 428 g/mol. The summed E-state index contributed by atoms with van der Waals surface area (Å²) in [5.74, 6) is -0.188. The first-order valence-corrected chi connectivity index (χ1v) is 11.4. The zero-order valence-corrected chi connectivity index (χ0v) is 18.2. The Kier molecular flexibility index (Phi) is 6.42. The second kappa shape index (κ2) is 9.21. The maximum absolute atomic E-state index is 13.2. The standard InChI is InChI=1S/C23H29ClN4O2/c1-2-3-8-19-14-27(15-22(29)25-18-6-4-5-7-18)23(30)21-13-20(26-28(19)21)16-9-11-17(24)12-10-16/h9-13,18-19H,2-8,14-15H2,1H3,(H,25,29). The number of hydrogen-bond donors (Lipinski definition) is 1. The van der Waals surface area contributed by atoms with Gasteiger partial charge in [0, 0.05) is 23.2 Å². The van der Waals surface area contributed by atoms with Gasteiger partial charge in [0.05, 0.1) is 18.3 Å². The molecule has 0 saturated heterocycles. The van der Waals surface area contributed by atoms with Gasteiger partial charge in [-0.1, -0.05) is 56.3 Å². The number of nitrogens with zero attached hydrogens (tertiary/aromatic N) is 3. The van der Waals surface area contributed by atoms with Crippen LogP contribution in [0.3, 0.4) is 0 Å². The Labute approximate surface area is 182 Å². The Morgan fingerprint density at radius 3 is 2.67 bits per heavy atom. The number of nitrogens with one attached hydrogen (secondary N) is 1. The van der Waals surface area contributed by atoms with E-state index in [-0.39, 0.29) is 30.4 Å². The van der Waals surface area contributed by atoms with Gasteiger partial charge in [-0.3, -0.25) is 14.3 Å². The first-order valence-electron chi connectivity index (χ1n) is 11.0. The Bertz CT molecular complexity index is 902. The lowest BCUT2D eigenvalue weighted by atomic mass is 10.1. The molecule has 2 amide bonds. The van der Waals surface area contributed by atoms with Crippen molar-refractivity contribution >= 4 is 23.4 Å². The van der Waals surface area contributed by atoms with Crippen LogP contribution in [0, 0.1) is 0 Å². The zero-order chi connectivity index (χ0) is 21.1. The van der Waals surface area contributed by atoms with Gasteiger partial charge in [-0.15, -0.1) is 0 Å². The highest BCUT2D eigenvalue weighted by Gasteiger charge is 2.34. The second-order valence-electron chi connectivity index (χ2n) is 8.40. The van der Waals surface area contributed by atoms with Gasteiger partial charge < -0.3 is 10.2 Å². The van der Waals surface area contributed by atoms with Crippen LogP contribution in [0.4, 0.5) is 0 Å². The lowest BCUT2D eigenvalue weighted by Crippen LogP contribution is -2.48. The summed E-state index contributed by atoms with van der Waals surface area (Å²) >= 11 is 6.01. The van der Waals surface area contributed by atoms with Gasteiger partial charge in [0.15, 0.2) is 0 Å². The van der Waals surface area contributed by atoms with Gasteiger partial charge in [0.1, 0.15) is 5.69 Å². The number of carbonyl (C=O) groups is 2. The van der Waals surface area contributed by atoms with Gasteiger partial charge in [0.2, 0.25) is 5.91 Å². The van der Waals surface area contributed by atoms with Crippen LogP contribution >= 0.6 is 11.6 Å². The lowest BCUT2D eigenvalue weighted by molar-refractivity contribution is -0.122. The Morgan fingerprint density at radius 1 is 1.23 bits per heavy atom. The third-order valence-electron chi connectivity index (χ3n) is 6.10. The predicted octanol–water partition coefficient (Wildman–Crippen LogP) is 4.45. The van der Waals surface area contributed by atoms with E-state index in [1.807, 2.05) is 35.0 Å². The highest BCUT2D eigenvalue weighted by Crippen LogP contribution is 2.29. The molecule has 160 valence electrons. The predicted molar refractivity (Wildman–Crippen MR) is 118 cm³/mol. The van der Waals surface area contributed by atoms with E-state index >= 15 is 0 Å². The SMILES string of the molecule is CCCCC1CN(CC(=O)NC2CCCC2)C(=O)c2cc(-c3ccc(Cl)cc3)nn21. The molecule has 4 rings (SSSR count). The lowest BCUT2D eigenvalue weighted by Gasteiger charge is -2.33. The molecule has 30 heavy (non-hydrogen) atoms. The highest BCUT2D eigenvalue weighted by molar-refractivity contribution is 6.30. The van der Waals surface area contributed by atoms with Gasteiger partial charge in [-0.2, -0.15) is 5.10 Å². The largest absolute Gasteiger partial charge is 0.352 e. The fourth-order valence-electron chi connectivity index (χ4n) is 4.48. The van der Waals surface area contributed by atoms with Crippen LogP contribution in [0.15, 0.2) is 30.3 Å². The molecule has 1 N–H and O–H groups in total. The van der Waals surface area contributed by atoms with Crippen molar-refractivity contribution in [2.24, 2.45) is 0 Å². The van der Waals surface area contributed by atoms with E-state index < -0.39 is 0 Å². The van der Waals surface area contributed by atoms with E-state index in [9.17, 15) is 9.59 Å². The van der Waals surface area contributed by atoms with E-state index in [4.69, 9.17) is 16.7 Å². The Balaban J connectivity index is 1.55. The molecule has 1 aromatic carbocycles. The van der Waals surface area contributed by atoms with Gasteiger partial charge >= 0.3 is 0 Å². The summed E-state index contributed by atoms with van der Waals surface area (Å²) in [6.07, 6.45) is 7.47. The zero-order valence-electron chi connectivity index (χ0n) is 17.4.